The second kappa shape index (κ2) is 5.81. The quantitative estimate of drug-likeness (QED) is 0.700. The Hall–Kier alpha value is -0.830. The second-order valence-corrected chi connectivity index (χ2v) is 3.83. The Morgan fingerprint density at radius 1 is 1.36 bits per heavy atom. The third-order valence-corrected chi connectivity index (χ3v) is 2.76. The SMILES string of the molecule is C=CCC(C(=O)O)N1CCCCCC1. The van der Waals surface area contributed by atoms with E-state index in [0.29, 0.717) is 6.42 Å². The van der Waals surface area contributed by atoms with E-state index in [1.165, 1.54) is 12.8 Å². The molecule has 14 heavy (non-hydrogen) atoms. The molecule has 1 aliphatic rings. The predicted molar refractivity (Wildman–Crippen MR) is 56.3 cm³/mol. The number of rotatable bonds is 4. The van der Waals surface area contributed by atoms with Gasteiger partial charge in [-0.1, -0.05) is 18.9 Å². The van der Waals surface area contributed by atoms with Gasteiger partial charge in [-0.3, -0.25) is 9.69 Å². The molecule has 0 amide bonds. The van der Waals surface area contributed by atoms with Crippen LogP contribution in [0.3, 0.4) is 0 Å². The van der Waals surface area contributed by atoms with Crippen LogP contribution in [0.15, 0.2) is 12.7 Å². The minimum atomic E-state index is -0.716. The van der Waals surface area contributed by atoms with Crippen molar-refractivity contribution in [1.82, 2.24) is 4.90 Å². The lowest BCUT2D eigenvalue weighted by Gasteiger charge is -2.26. The Balaban J connectivity index is 2.55. The fourth-order valence-corrected chi connectivity index (χ4v) is 1.97. The molecule has 3 nitrogen and oxygen atoms in total. The van der Waals surface area contributed by atoms with Gasteiger partial charge in [-0.2, -0.15) is 0 Å². The van der Waals surface area contributed by atoms with Crippen molar-refractivity contribution >= 4 is 5.97 Å². The predicted octanol–water partition coefficient (Wildman–Crippen LogP) is 1.89. The molecule has 3 heteroatoms. The van der Waals surface area contributed by atoms with Crippen molar-refractivity contribution in [1.29, 1.82) is 0 Å². The van der Waals surface area contributed by atoms with E-state index < -0.39 is 5.97 Å². The van der Waals surface area contributed by atoms with Gasteiger partial charge in [0.05, 0.1) is 0 Å². The highest BCUT2D eigenvalue weighted by Crippen LogP contribution is 2.14. The van der Waals surface area contributed by atoms with Crippen LogP contribution in [0.25, 0.3) is 0 Å². The third kappa shape index (κ3) is 3.14. The Labute approximate surface area is 85.4 Å². The number of carboxylic acid groups (broad SMARTS) is 1. The number of nitrogens with zero attached hydrogens (tertiary/aromatic N) is 1. The van der Waals surface area contributed by atoms with Crippen molar-refractivity contribution in [2.75, 3.05) is 13.1 Å². The maximum absolute atomic E-state index is 11.0. The number of carbonyl (C=O) groups is 1. The van der Waals surface area contributed by atoms with E-state index in [-0.39, 0.29) is 6.04 Å². The van der Waals surface area contributed by atoms with Gasteiger partial charge >= 0.3 is 5.97 Å². The standard InChI is InChI=1S/C11H19NO2/c1-2-7-10(11(13)14)12-8-5-3-4-6-9-12/h2,10H,1,3-9H2,(H,13,14). The van der Waals surface area contributed by atoms with Gasteiger partial charge in [0.2, 0.25) is 0 Å². The van der Waals surface area contributed by atoms with Crippen molar-refractivity contribution in [2.45, 2.75) is 38.1 Å². The van der Waals surface area contributed by atoms with E-state index in [1.54, 1.807) is 6.08 Å². The third-order valence-electron chi connectivity index (χ3n) is 2.76. The molecule has 0 aromatic carbocycles. The zero-order valence-electron chi connectivity index (χ0n) is 8.61. The van der Waals surface area contributed by atoms with Gasteiger partial charge in [-0.15, -0.1) is 6.58 Å². The Kier molecular flexibility index (Phi) is 4.66. The summed E-state index contributed by atoms with van der Waals surface area (Å²) in [5.74, 6) is -0.716. The smallest absolute Gasteiger partial charge is 0.321 e. The summed E-state index contributed by atoms with van der Waals surface area (Å²) in [6, 6.07) is -0.356. The lowest BCUT2D eigenvalue weighted by molar-refractivity contribution is -0.143. The van der Waals surface area contributed by atoms with Crippen LogP contribution in [0.1, 0.15) is 32.1 Å². The topological polar surface area (TPSA) is 40.5 Å². The lowest BCUT2D eigenvalue weighted by Crippen LogP contribution is -2.41. The summed E-state index contributed by atoms with van der Waals surface area (Å²) in [7, 11) is 0. The fraction of sp³-hybridized carbons (Fsp3) is 0.727. The molecule has 0 aromatic heterocycles. The van der Waals surface area contributed by atoms with Gasteiger partial charge in [0.1, 0.15) is 6.04 Å². The Morgan fingerprint density at radius 3 is 2.36 bits per heavy atom. The van der Waals surface area contributed by atoms with Gasteiger partial charge < -0.3 is 5.11 Å². The first-order valence-electron chi connectivity index (χ1n) is 5.33. The summed E-state index contributed by atoms with van der Waals surface area (Å²) in [4.78, 5) is 13.1. The minimum Gasteiger partial charge on any atom is -0.480 e. The fourth-order valence-electron chi connectivity index (χ4n) is 1.97. The van der Waals surface area contributed by atoms with Crippen molar-refractivity contribution < 1.29 is 9.90 Å². The summed E-state index contributed by atoms with van der Waals surface area (Å²) in [6.45, 7) is 5.45. The summed E-state index contributed by atoms with van der Waals surface area (Å²) < 4.78 is 0. The van der Waals surface area contributed by atoms with Crippen molar-refractivity contribution in [2.24, 2.45) is 0 Å². The van der Waals surface area contributed by atoms with Crippen molar-refractivity contribution in [3.05, 3.63) is 12.7 Å². The monoisotopic (exact) mass is 197 g/mol. The van der Waals surface area contributed by atoms with Crippen molar-refractivity contribution in [3.63, 3.8) is 0 Å². The molecule has 1 heterocycles. The average Bonchev–Trinajstić information content (AvgIpc) is 2.41. The normalized spacial score (nSPS) is 21.1. The van der Waals surface area contributed by atoms with Gasteiger partial charge in [0.15, 0.2) is 0 Å². The van der Waals surface area contributed by atoms with E-state index in [2.05, 4.69) is 11.5 Å². The highest BCUT2D eigenvalue weighted by Gasteiger charge is 2.24. The Bertz CT molecular complexity index is 195. The molecule has 1 aliphatic heterocycles. The van der Waals surface area contributed by atoms with Crippen LogP contribution in [-0.4, -0.2) is 35.1 Å². The average molecular weight is 197 g/mol. The van der Waals surface area contributed by atoms with Crippen LogP contribution in [0.4, 0.5) is 0 Å². The second-order valence-electron chi connectivity index (χ2n) is 3.83. The molecule has 0 aromatic rings. The zero-order valence-corrected chi connectivity index (χ0v) is 8.61. The van der Waals surface area contributed by atoms with Gasteiger partial charge in [0, 0.05) is 0 Å². The van der Waals surface area contributed by atoms with Crippen LogP contribution in [-0.2, 0) is 4.79 Å². The van der Waals surface area contributed by atoms with Gasteiger partial charge in [0.25, 0.3) is 0 Å². The molecule has 80 valence electrons. The number of likely N-dealkylation sites (tertiary alicyclic amines) is 1. The molecule has 0 saturated carbocycles. The molecule has 0 spiro atoms. The molecule has 1 rings (SSSR count). The molecule has 1 atom stereocenters. The first-order valence-corrected chi connectivity index (χ1v) is 5.33. The highest BCUT2D eigenvalue weighted by atomic mass is 16.4. The molecule has 0 bridgehead atoms. The Morgan fingerprint density at radius 2 is 1.93 bits per heavy atom. The van der Waals surface area contributed by atoms with Gasteiger partial charge in [-0.05, 0) is 32.4 Å². The maximum atomic E-state index is 11.0. The number of aliphatic carboxylic acids is 1. The molecule has 0 radical (unpaired) electrons. The van der Waals surface area contributed by atoms with E-state index in [1.807, 2.05) is 0 Å². The zero-order chi connectivity index (χ0) is 10.4. The van der Waals surface area contributed by atoms with E-state index in [0.717, 1.165) is 25.9 Å². The number of hydrogen-bond donors (Lipinski definition) is 1. The summed E-state index contributed by atoms with van der Waals surface area (Å²) >= 11 is 0. The highest BCUT2D eigenvalue weighted by molar-refractivity contribution is 5.73. The van der Waals surface area contributed by atoms with E-state index in [9.17, 15) is 4.79 Å². The molecular weight excluding hydrogens is 178 g/mol. The van der Waals surface area contributed by atoms with E-state index in [4.69, 9.17) is 5.11 Å². The molecule has 1 unspecified atom stereocenters. The van der Waals surface area contributed by atoms with Crippen molar-refractivity contribution in [3.8, 4) is 0 Å². The van der Waals surface area contributed by atoms with Crippen LogP contribution in [0.2, 0.25) is 0 Å². The summed E-state index contributed by atoms with van der Waals surface area (Å²) in [5.41, 5.74) is 0. The molecule has 1 fully saturated rings. The van der Waals surface area contributed by atoms with Gasteiger partial charge in [-0.25, -0.2) is 0 Å². The summed E-state index contributed by atoms with van der Waals surface area (Å²) in [5, 5.41) is 9.06. The maximum Gasteiger partial charge on any atom is 0.321 e. The van der Waals surface area contributed by atoms with Crippen LogP contribution in [0.5, 0.6) is 0 Å². The lowest BCUT2D eigenvalue weighted by atomic mass is 10.1. The first-order chi connectivity index (χ1) is 6.75. The molecule has 1 saturated heterocycles. The number of carboxylic acids is 1. The molecule has 0 aliphatic carbocycles. The van der Waals surface area contributed by atoms with Crippen LogP contribution < -0.4 is 0 Å². The van der Waals surface area contributed by atoms with Crippen LogP contribution >= 0.6 is 0 Å². The minimum absolute atomic E-state index is 0.356. The van der Waals surface area contributed by atoms with Crippen LogP contribution in [0, 0.1) is 0 Å². The molecular formula is C11H19NO2. The largest absolute Gasteiger partial charge is 0.480 e. The number of hydrogen-bond acceptors (Lipinski definition) is 2. The first kappa shape index (κ1) is 11.2. The molecule has 1 N–H and O–H groups in total. The summed E-state index contributed by atoms with van der Waals surface area (Å²) in [6.07, 6.45) is 6.97. The van der Waals surface area contributed by atoms with E-state index >= 15 is 0 Å².